The second-order valence-electron chi connectivity index (χ2n) is 6.09. The van der Waals surface area contributed by atoms with E-state index in [9.17, 15) is 9.59 Å². The number of para-hydroxylation sites is 1. The maximum absolute atomic E-state index is 12.8. The van der Waals surface area contributed by atoms with Crippen molar-refractivity contribution < 1.29 is 9.59 Å². The first-order valence-electron chi connectivity index (χ1n) is 8.10. The van der Waals surface area contributed by atoms with Crippen LogP contribution in [0.4, 0.5) is 5.69 Å². The molecule has 6 heteroatoms. The Balaban J connectivity index is 1.77. The number of amides is 2. The number of aryl methyl sites for hydroxylation is 1. The molecule has 0 aliphatic carbocycles. The van der Waals surface area contributed by atoms with Gasteiger partial charge in [-0.2, -0.15) is 0 Å². The molecular weight excluding hydrogens is 359 g/mol. The van der Waals surface area contributed by atoms with Gasteiger partial charge in [0.2, 0.25) is 5.91 Å². The largest absolute Gasteiger partial charge is 0.327 e. The van der Waals surface area contributed by atoms with Crippen molar-refractivity contribution in [3.63, 3.8) is 0 Å². The van der Waals surface area contributed by atoms with Crippen molar-refractivity contribution >= 4 is 40.7 Å². The molecule has 4 nitrogen and oxygen atoms in total. The molecule has 1 atom stereocenters. The summed E-state index contributed by atoms with van der Waals surface area (Å²) in [5, 5.41) is 3.65. The maximum Gasteiger partial charge on any atom is 0.254 e. The summed E-state index contributed by atoms with van der Waals surface area (Å²) in [6.07, 6.45) is 1.43. The standard InChI is InChI=1S/C19H18Cl2N2O2/c1-12-5-2-3-6-16(12)22-18(24)17-7-4-10-23(17)19(25)13-8-9-14(20)15(21)11-13/h2-3,5-6,8-9,11,17H,4,7,10H2,1H3,(H,22,24). The third-order valence-electron chi connectivity index (χ3n) is 4.39. The minimum atomic E-state index is -0.485. The Kier molecular flexibility index (Phi) is 5.30. The summed E-state index contributed by atoms with van der Waals surface area (Å²) in [6.45, 7) is 2.48. The van der Waals surface area contributed by atoms with Gasteiger partial charge in [-0.25, -0.2) is 0 Å². The van der Waals surface area contributed by atoms with Gasteiger partial charge >= 0.3 is 0 Å². The minimum absolute atomic E-state index is 0.166. The maximum atomic E-state index is 12.8. The fourth-order valence-corrected chi connectivity index (χ4v) is 3.30. The Labute approximate surface area is 156 Å². The van der Waals surface area contributed by atoms with Gasteiger partial charge in [0.1, 0.15) is 6.04 Å². The van der Waals surface area contributed by atoms with E-state index in [1.165, 1.54) is 0 Å². The zero-order valence-corrected chi connectivity index (χ0v) is 15.3. The zero-order chi connectivity index (χ0) is 18.0. The Morgan fingerprint density at radius 3 is 2.60 bits per heavy atom. The molecule has 2 aromatic carbocycles. The number of hydrogen-bond donors (Lipinski definition) is 1. The lowest BCUT2D eigenvalue weighted by molar-refractivity contribution is -0.119. The molecule has 25 heavy (non-hydrogen) atoms. The van der Waals surface area contributed by atoms with Gasteiger partial charge in [-0.15, -0.1) is 0 Å². The molecule has 2 amide bonds. The number of anilines is 1. The van der Waals surface area contributed by atoms with Crippen LogP contribution in [0.25, 0.3) is 0 Å². The molecule has 1 fully saturated rings. The van der Waals surface area contributed by atoms with Crippen molar-refractivity contribution in [2.75, 3.05) is 11.9 Å². The van der Waals surface area contributed by atoms with Gasteiger partial charge < -0.3 is 10.2 Å². The molecular formula is C19H18Cl2N2O2. The fourth-order valence-electron chi connectivity index (χ4n) is 3.01. The molecule has 1 N–H and O–H groups in total. The zero-order valence-electron chi connectivity index (χ0n) is 13.8. The van der Waals surface area contributed by atoms with E-state index in [1.54, 1.807) is 23.1 Å². The van der Waals surface area contributed by atoms with E-state index in [1.807, 2.05) is 31.2 Å². The smallest absolute Gasteiger partial charge is 0.254 e. The molecule has 1 unspecified atom stereocenters. The summed E-state index contributed by atoms with van der Waals surface area (Å²) in [7, 11) is 0. The predicted molar refractivity (Wildman–Crippen MR) is 100 cm³/mol. The first kappa shape index (κ1) is 17.8. The Morgan fingerprint density at radius 2 is 1.88 bits per heavy atom. The fraction of sp³-hybridized carbons (Fsp3) is 0.263. The average molecular weight is 377 g/mol. The highest BCUT2D eigenvalue weighted by molar-refractivity contribution is 6.42. The average Bonchev–Trinajstić information content (AvgIpc) is 3.08. The van der Waals surface area contributed by atoms with Crippen LogP contribution in [-0.4, -0.2) is 29.3 Å². The number of benzene rings is 2. The lowest BCUT2D eigenvalue weighted by Gasteiger charge is -2.24. The number of hydrogen-bond acceptors (Lipinski definition) is 2. The van der Waals surface area contributed by atoms with E-state index in [-0.39, 0.29) is 11.8 Å². The number of rotatable bonds is 3. The summed E-state index contributed by atoms with van der Waals surface area (Å²) in [5.41, 5.74) is 2.18. The third-order valence-corrected chi connectivity index (χ3v) is 5.12. The first-order chi connectivity index (χ1) is 12.0. The highest BCUT2D eigenvalue weighted by Gasteiger charge is 2.34. The SMILES string of the molecule is Cc1ccccc1NC(=O)C1CCCN1C(=O)c1ccc(Cl)c(Cl)c1. The van der Waals surface area contributed by atoms with Crippen LogP contribution in [0, 0.1) is 6.92 Å². The quantitative estimate of drug-likeness (QED) is 0.854. The van der Waals surface area contributed by atoms with Crippen LogP contribution in [0.2, 0.25) is 10.0 Å². The van der Waals surface area contributed by atoms with Gasteiger partial charge in [-0.3, -0.25) is 9.59 Å². The Hall–Kier alpha value is -2.04. The molecule has 0 bridgehead atoms. The van der Waals surface area contributed by atoms with Crippen molar-refractivity contribution in [1.29, 1.82) is 0 Å². The van der Waals surface area contributed by atoms with Gasteiger partial charge in [-0.05, 0) is 49.6 Å². The van der Waals surface area contributed by atoms with E-state index in [4.69, 9.17) is 23.2 Å². The van der Waals surface area contributed by atoms with Crippen LogP contribution < -0.4 is 5.32 Å². The molecule has 0 radical (unpaired) electrons. The normalized spacial score (nSPS) is 16.8. The number of nitrogens with zero attached hydrogens (tertiary/aromatic N) is 1. The van der Waals surface area contributed by atoms with Crippen LogP contribution >= 0.6 is 23.2 Å². The molecule has 0 spiro atoms. The number of halogens is 2. The van der Waals surface area contributed by atoms with Crippen LogP contribution in [0.3, 0.4) is 0 Å². The van der Waals surface area contributed by atoms with Crippen LogP contribution in [0.5, 0.6) is 0 Å². The molecule has 1 heterocycles. The van der Waals surface area contributed by atoms with Crippen molar-refractivity contribution in [3.8, 4) is 0 Å². The van der Waals surface area contributed by atoms with Crippen LogP contribution in [0.1, 0.15) is 28.8 Å². The Bertz CT molecular complexity index is 823. The first-order valence-corrected chi connectivity index (χ1v) is 8.85. The second kappa shape index (κ2) is 7.46. The van der Waals surface area contributed by atoms with Crippen LogP contribution in [0.15, 0.2) is 42.5 Å². The summed E-state index contributed by atoms with van der Waals surface area (Å²) >= 11 is 11.9. The topological polar surface area (TPSA) is 49.4 Å². The number of nitrogens with one attached hydrogen (secondary N) is 1. The summed E-state index contributed by atoms with van der Waals surface area (Å²) in [4.78, 5) is 27.1. The number of likely N-dealkylation sites (tertiary alicyclic amines) is 1. The molecule has 0 saturated carbocycles. The molecule has 1 aliphatic heterocycles. The van der Waals surface area contributed by atoms with Crippen molar-refractivity contribution in [3.05, 3.63) is 63.6 Å². The molecule has 130 valence electrons. The van der Waals surface area contributed by atoms with Gasteiger partial charge in [0.15, 0.2) is 0 Å². The Morgan fingerprint density at radius 1 is 1.12 bits per heavy atom. The summed E-state index contributed by atoms with van der Waals surface area (Å²) in [6, 6.07) is 11.9. The monoisotopic (exact) mass is 376 g/mol. The van der Waals surface area contributed by atoms with Crippen LogP contribution in [-0.2, 0) is 4.79 Å². The third kappa shape index (κ3) is 3.80. The predicted octanol–water partition coefficient (Wildman–Crippen LogP) is 4.55. The lowest BCUT2D eigenvalue weighted by atomic mass is 10.1. The number of carbonyl (C=O) groups is 2. The van der Waals surface area contributed by atoms with Crippen molar-refractivity contribution in [1.82, 2.24) is 4.90 Å². The van der Waals surface area contributed by atoms with Crippen molar-refractivity contribution in [2.45, 2.75) is 25.8 Å². The molecule has 2 aromatic rings. The van der Waals surface area contributed by atoms with E-state index in [0.717, 1.165) is 17.7 Å². The van der Waals surface area contributed by atoms with E-state index < -0.39 is 6.04 Å². The lowest BCUT2D eigenvalue weighted by Crippen LogP contribution is -2.43. The van der Waals surface area contributed by atoms with E-state index in [0.29, 0.717) is 28.6 Å². The second-order valence-corrected chi connectivity index (χ2v) is 6.90. The molecule has 1 saturated heterocycles. The highest BCUT2D eigenvalue weighted by atomic mass is 35.5. The van der Waals surface area contributed by atoms with Gasteiger partial charge in [0.05, 0.1) is 10.0 Å². The molecule has 1 aliphatic rings. The van der Waals surface area contributed by atoms with Gasteiger partial charge in [0, 0.05) is 17.8 Å². The van der Waals surface area contributed by atoms with E-state index >= 15 is 0 Å². The van der Waals surface area contributed by atoms with Gasteiger partial charge in [0.25, 0.3) is 5.91 Å². The van der Waals surface area contributed by atoms with E-state index in [2.05, 4.69) is 5.32 Å². The minimum Gasteiger partial charge on any atom is -0.327 e. The van der Waals surface area contributed by atoms with Gasteiger partial charge in [-0.1, -0.05) is 41.4 Å². The summed E-state index contributed by atoms with van der Waals surface area (Å²) in [5.74, 6) is -0.374. The summed E-state index contributed by atoms with van der Waals surface area (Å²) < 4.78 is 0. The molecule has 3 rings (SSSR count). The highest BCUT2D eigenvalue weighted by Crippen LogP contribution is 2.26. The molecule has 0 aromatic heterocycles. The van der Waals surface area contributed by atoms with Crippen molar-refractivity contribution in [2.24, 2.45) is 0 Å². The number of carbonyl (C=O) groups excluding carboxylic acids is 2.